The summed E-state index contributed by atoms with van der Waals surface area (Å²) in [6.45, 7) is 0.0924. The third-order valence-corrected chi connectivity index (χ3v) is 10.0. The molecule has 42 heavy (non-hydrogen) atoms. The van der Waals surface area contributed by atoms with Gasteiger partial charge in [-0.25, -0.2) is 13.8 Å². The van der Waals surface area contributed by atoms with Crippen LogP contribution in [0.25, 0.3) is 0 Å². The summed E-state index contributed by atoms with van der Waals surface area (Å²) in [6, 6.07) is 6.10. The number of aliphatic hydroxyl groups excluding tert-OH is 1. The lowest BCUT2D eigenvalue weighted by molar-refractivity contribution is -0.142. The minimum atomic E-state index is -4.62. The van der Waals surface area contributed by atoms with Crippen LogP contribution in [0, 0.1) is 0 Å². The number of aromatic amines is 1. The van der Waals surface area contributed by atoms with Gasteiger partial charge in [0.15, 0.2) is 6.10 Å². The first-order valence-electron chi connectivity index (χ1n) is 14.1. The van der Waals surface area contributed by atoms with Crippen molar-refractivity contribution in [2.75, 3.05) is 6.54 Å². The highest BCUT2D eigenvalue weighted by Crippen LogP contribution is 2.55. The van der Waals surface area contributed by atoms with Crippen LogP contribution in [0.1, 0.15) is 95.6 Å². The molecule has 3 aliphatic rings. The molecular formula is C30H30F5N3O3S. The number of H-pyrrole nitrogens is 1. The zero-order valence-electron chi connectivity index (χ0n) is 22.6. The van der Waals surface area contributed by atoms with E-state index in [0.717, 1.165) is 41.5 Å². The second kappa shape index (κ2) is 10.6. The molecule has 0 unspecified atom stereocenters. The first kappa shape index (κ1) is 29.0. The van der Waals surface area contributed by atoms with Gasteiger partial charge in [-0.15, -0.1) is 11.3 Å². The first-order valence-corrected chi connectivity index (χ1v) is 15.0. The second-order valence-electron chi connectivity index (χ2n) is 11.7. The highest BCUT2D eigenvalue weighted by atomic mass is 32.1. The molecule has 3 aromatic rings. The Morgan fingerprint density at radius 3 is 2.57 bits per heavy atom. The highest BCUT2D eigenvalue weighted by molar-refractivity contribution is 7.10. The average molecular weight is 608 g/mol. The van der Waals surface area contributed by atoms with Crippen molar-refractivity contribution in [1.82, 2.24) is 14.9 Å². The molecule has 12 heteroatoms. The molecular weight excluding hydrogens is 577 g/mol. The lowest BCUT2D eigenvalue weighted by Gasteiger charge is -2.27. The van der Waals surface area contributed by atoms with E-state index in [-0.39, 0.29) is 43.0 Å². The zero-order chi connectivity index (χ0) is 29.9. The van der Waals surface area contributed by atoms with Gasteiger partial charge in [0.2, 0.25) is 5.92 Å². The van der Waals surface area contributed by atoms with Crippen molar-refractivity contribution in [2.45, 2.75) is 87.4 Å². The van der Waals surface area contributed by atoms with E-state index in [2.05, 4.69) is 11.1 Å². The van der Waals surface area contributed by atoms with E-state index in [1.165, 1.54) is 11.0 Å². The molecule has 1 aromatic carbocycles. The van der Waals surface area contributed by atoms with E-state index in [1.54, 1.807) is 11.3 Å². The fraction of sp³-hybridized carbons (Fsp3) is 0.500. The maximum Gasteiger partial charge on any atom is 0.416 e. The van der Waals surface area contributed by atoms with E-state index in [0.29, 0.717) is 42.8 Å². The third kappa shape index (κ3) is 5.50. The molecule has 1 amide bonds. The van der Waals surface area contributed by atoms with E-state index < -0.39 is 35.1 Å². The quantitative estimate of drug-likeness (QED) is 0.337. The monoisotopic (exact) mass is 607 g/mol. The molecule has 0 spiro atoms. The van der Waals surface area contributed by atoms with Crippen molar-refractivity contribution in [3.8, 4) is 0 Å². The lowest BCUT2D eigenvalue weighted by Crippen LogP contribution is -2.36. The average Bonchev–Trinajstić information content (AvgIpc) is 3.67. The van der Waals surface area contributed by atoms with Crippen molar-refractivity contribution < 1.29 is 31.9 Å². The predicted molar refractivity (Wildman–Crippen MR) is 145 cm³/mol. The largest absolute Gasteiger partial charge is 0.416 e. The maximum absolute atomic E-state index is 13.7. The van der Waals surface area contributed by atoms with Crippen LogP contribution in [0.5, 0.6) is 0 Å². The van der Waals surface area contributed by atoms with Crippen molar-refractivity contribution >= 4 is 17.2 Å². The van der Waals surface area contributed by atoms with Gasteiger partial charge in [0, 0.05) is 24.3 Å². The molecule has 3 heterocycles. The van der Waals surface area contributed by atoms with Gasteiger partial charge in [-0.2, -0.15) is 13.2 Å². The molecule has 224 valence electrons. The number of nitrogens with zero attached hydrogens (tertiary/aromatic N) is 2. The normalized spacial score (nSPS) is 21.0. The number of carbonyl (C=O) groups is 1. The Morgan fingerprint density at radius 1 is 1.14 bits per heavy atom. The number of hydrogen-bond donors (Lipinski definition) is 2. The summed E-state index contributed by atoms with van der Waals surface area (Å²) in [5.41, 5.74) is -0.0370. The van der Waals surface area contributed by atoms with E-state index in [9.17, 15) is 36.6 Å². The number of fused-ring (bicyclic) bond motifs is 1. The van der Waals surface area contributed by atoms with Crippen LogP contribution in [-0.4, -0.2) is 38.3 Å². The topological polar surface area (TPSA) is 86.3 Å². The molecule has 2 N–H and O–H groups in total. The number of amides is 1. The van der Waals surface area contributed by atoms with Crippen molar-refractivity contribution in [1.29, 1.82) is 0 Å². The Hall–Kier alpha value is -3.12. The zero-order valence-corrected chi connectivity index (χ0v) is 23.5. The highest BCUT2D eigenvalue weighted by Gasteiger charge is 2.50. The Kier molecular flexibility index (Phi) is 7.28. The summed E-state index contributed by atoms with van der Waals surface area (Å²) in [5, 5.41) is 12.7. The smallest absolute Gasteiger partial charge is 0.378 e. The van der Waals surface area contributed by atoms with Crippen LogP contribution in [0.15, 0.2) is 40.5 Å². The van der Waals surface area contributed by atoms with Gasteiger partial charge in [-0.05, 0) is 79.1 Å². The Balaban J connectivity index is 1.21. The third-order valence-electron chi connectivity index (χ3n) is 8.85. The van der Waals surface area contributed by atoms with Gasteiger partial charge >= 0.3 is 6.18 Å². The van der Waals surface area contributed by atoms with E-state index in [4.69, 9.17) is 4.98 Å². The number of aryl methyl sites for hydroxylation is 1. The van der Waals surface area contributed by atoms with Crippen LogP contribution < -0.4 is 5.56 Å². The number of aliphatic hydroxyl groups is 1. The van der Waals surface area contributed by atoms with Crippen molar-refractivity contribution in [3.63, 3.8) is 0 Å². The summed E-state index contributed by atoms with van der Waals surface area (Å²) in [5.74, 6) is -2.72. The van der Waals surface area contributed by atoms with Crippen molar-refractivity contribution in [2.24, 2.45) is 0 Å². The second-order valence-corrected chi connectivity index (χ2v) is 12.6. The molecule has 0 saturated heterocycles. The summed E-state index contributed by atoms with van der Waals surface area (Å²) >= 11 is 1.56. The number of thiophene rings is 1. The fourth-order valence-corrected chi connectivity index (χ4v) is 7.41. The van der Waals surface area contributed by atoms with Gasteiger partial charge in [-0.3, -0.25) is 9.59 Å². The van der Waals surface area contributed by atoms with Gasteiger partial charge in [0.25, 0.3) is 11.5 Å². The number of rotatable bonds is 5. The standard InChI is InChI=1S/C30H30F5N3O3S/c31-29(32)8-6-17(7-9-29)19-14-23(42-16-19)28(10-11-28)27-36-22-5-2-12-38(15-21(22)25(40)37-27)26(41)24(39)18-3-1-4-20(13-18)30(33,34)35/h1,3-4,13-14,16-17,24,39H,2,5-12,15H2,(H,36,37,40)/t24-/m1/s1. The van der Waals surface area contributed by atoms with Crippen molar-refractivity contribution in [3.05, 3.63) is 84.7 Å². The summed E-state index contributed by atoms with van der Waals surface area (Å²) in [6.07, 6.45) is -3.26. The summed E-state index contributed by atoms with van der Waals surface area (Å²) in [7, 11) is 0. The van der Waals surface area contributed by atoms with Gasteiger partial charge in [-0.1, -0.05) is 12.1 Å². The summed E-state index contributed by atoms with van der Waals surface area (Å²) in [4.78, 5) is 36.6. The Labute approximate surface area is 242 Å². The Bertz CT molecular complexity index is 1550. The molecule has 0 radical (unpaired) electrons. The lowest BCUT2D eigenvalue weighted by atomic mass is 9.83. The number of aromatic nitrogens is 2. The molecule has 1 atom stereocenters. The molecule has 6 rings (SSSR count). The molecule has 2 aromatic heterocycles. The number of halogens is 5. The number of benzene rings is 1. The van der Waals surface area contributed by atoms with Gasteiger partial charge in [0.1, 0.15) is 5.82 Å². The first-order chi connectivity index (χ1) is 19.9. The molecule has 2 fully saturated rings. The number of alkyl halides is 5. The van der Waals surface area contributed by atoms with E-state index >= 15 is 0 Å². The SMILES string of the molecule is O=C([C@H](O)c1cccc(C(F)(F)F)c1)N1CCCc2nc(C3(c4cc(C5CCC(F)(F)CC5)cs4)CC3)[nH]c(=O)c2C1. The predicted octanol–water partition coefficient (Wildman–Crippen LogP) is 6.23. The number of hydrogen-bond acceptors (Lipinski definition) is 5. The van der Waals surface area contributed by atoms with Crippen LogP contribution in [0.4, 0.5) is 22.0 Å². The molecule has 6 nitrogen and oxygen atoms in total. The van der Waals surface area contributed by atoms with Gasteiger partial charge in [0.05, 0.1) is 28.8 Å². The van der Waals surface area contributed by atoms with Crippen LogP contribution >= 0.6 is 11.3 Å². The summed E-state index contributed by atoms with van der Waals surface area (Å²) < 4.78 is 66.7. The van der Waals surface area contributed by atoms with Crippen LogP contribution in [0.3, 0.4) is 0 Å². The molecule has 2 saturated carbocycles. The maximum atomic E-state index is 13.7. The number of nitrogens with one attached hydrogen (secondary N) is 1. The fourth-order valence-electron chi connectivity index (χ4n) is 6.15. The van der Waals surface area contributed by atoms with Crippen LogP contribution in [0.2, 0.25) is 0 Å². The van der Waals surface area contributed by atoms with Crippen LogP contribution in [-0.2, 0) is 29.4 Å². The Morgan fingerprint density at radius 2 is 1.88 bits per heavy atom. The molecule has 0 bridgehead atoms. The van der Waals surface area contributed by atoms with E-state index in [1.807, 2.05) is 5.38 Å². The molecule has 1 aliphatic heterocycles. The number of carbonyl (C=O) groups excluding carboxylic acids is 1. The van der Waals surface area contributed by atoms with Gasteiger partial charge < -0.3 is 15.0 Å². The molecule has 2 aliphatic carbocycles. The minimum Gasteiger partial charge on any atom is -0.378 e. The minimum absolute atomic E-state index is 0.0966.